The normalized spacial score (nSPS) is 12.5. The number of rotatable bonds is 13. The van der Waals surface area contributed by atoms with Gasteiger partial charge in [0.05, 0.1) is 19.4 Å². The number of alkyl carbamates (subject to hydrolysis) is 1. The van der Waals surface area contributed by atoms with Crippen molar-refractivity contribution in [3.8, 4) is 0 Å². The van der Waals surface area contributed by atoms with Crippen LogP contribution in [0.5, 0.6) is 0 Å². The van der Waals surface area contributed by atoms with Crippen LogP contribution in [0.2, 0.25) is 0 Å². The lowest BCUT2D eigenvalue weighted by Crippen LogP contribution is -2.54. The molecule has 0 aliphatic heterocycles. The zero-order valence-corrected chi connectivity index (χ0v) is 23.1. The molecule has 0 saturated carbocycles. The van der Waals surface area contributed by atoms with Crippen molar-refractivity contribution in [2.24, 2.45) is 5.73 Å². The minimum absolute atomic E-state index is 0.0179. The Labute approximate surface area is 224 Å². The number of nitrogens with one attached hydrogen (secondary N) is 2. The van der Waals surface area contributed by atoms with E-state index in [2.05, 4.69) is 17.2 Å². The molecule has 4 amide bonds. The standard InChI is InChI=1S/C27H40N4O7/c1-8-14-31(25(35)20(16-21(28)32)30-26(36)38-27(5,6)7)23(19-11-10-17(3)18(4)15-19)24(34)29-13-12-22(33)37-9-2/h8,10-11,15,20,23H,1,9,12-14,16H2,2-7H3,(H2,28,32)(H,29,34)(H,30,36). The van der Waals surface area contributed by atoms with E-state index in [1.165, 1.54) is 11.0 Å². The molecule has 0 radical (unpaired) electrons. The van der Waals surface area contributed by atoms with Crippen molar-refractivity contribution in [2.75, 3.05) is 19.7 Å². The van der Waals surface area contributed by atoms with Crippen molar-refractivity contribution >= 4 is 29.8 Å². The van der Waals surface area contributed by atoms with Gasteiger partial charge in [-0.1, -0.05) is 24.3 Å². The number of nitrogens with zero attached hydrogens (tertiary/aromatic N) is 1. The lowest BCUT2D eigenvalue weighted by atomic mass is 9.98. The van der Waals surface area contributed by atoms with Crippen LogP contribution in [0.3, 0.4) is 0 Å². The highest BCUT2D eigenvalue weighted by molar-refractivity contribution is 5.94. The van der Waals surface area contributed by atoms with Gasteiger partial charge in [-0.15, -0.1) is 6.58 Å². The molecule has 210 valence electrons. The molecule has 38 heavy (non-hydrogen) atoms. The Kier molecular flexibility index (Phi) is 12.5. The molecule has 1 rings (SSSR count). The molecule has 0 aliphatic rings. The number of esters is 1. The topological polar surface area (TPSA) is 157 Å². The van der Waals surface area contributed by atoms with E-state index in [0.717, 1.165) is 11.1 Å². The maximum Gasteiger partial charge on any atom is 0.408 e. The molecular formula is C27H40N4O7. The largest absolute Gasteiger partial charge is 0.466 e. The minimum Gasteiger partial charge on any atom is -0.466 e. The number of hydrogen-bond acceptors (Lipinski definition) is 7. The van der Waals surface area contributed by atoms with Crippen LogP contribution in [0.4, 0.5) is 4.79 Å². The number of carbonyl (C=O) groups excluding carboxylic acids is 5. The highest BCUT2D eigenvalue weighted by Gasteiger charge is 2.36. The fourth-order valence-corrected chi connectivity index (χ4v) is 3.54. The fraction of sp³-hybridized carbons (Fsp3) is 0.519. The first-order valence-electron chi connectivity index (χ1n) is 12.4. The molecule has 0 aromatic heterocycles. The summed E-state index contributed by atoms with van der Waals surface area (Å²) in [5.74, 6) is -2.61. The van der Waals surface area contributed by atoms with E-state index in [9.17, 15) is 24.0 Å². The number of aryl methyl sites for hydroxylation is 2. The summed E-state index contributed by atoms with van der Waals surface area (Å²) >= 11 is 0. The van der Waals surface area contributed by atoms with E-state index < -0.39 is 53.9 Å². The first-order valence-corrected chi connectivity index (χ1v) is 12.4. The third-order valence-corrected chi connectivity index (χ3v) is 5.34. The van der Waals surface area contributed by atoms with E-state index in [-0.39, 0.29) is 26.1 Å². The van der Waals surface area contributed by atoms with Crippen LogP contribution in [0, 0.1) is 13.8 Å². The van der Waals surface area contributed by atoms with Gasteiger partial charge in [-0.05, 0) is 58.2 Å². The van der Waals surface area contributed by atoms with Gasteiger partial charge in [0.2, 0.25) is 17.7 Å². The molecule has 0 fully saturated rings. The van der Waals surface area contributed by atoms with Crippen LogP contribution in [0.15, 0.2) is 30.9 Å². The van der Waals surface area contributed by atoms with Gasteiger partial charge >= 0.3 is 12.1 Å². The van der Waals surface area contributed by atoms with Crippen molar-refractivity contribution in [1.29, 1.82) is 0 Å². The predicted octanol–water partition coefficient (Wildman–Crippen LogP) is 2.20. The van der Waals surface area contributed by atoms with Crippen LogP contribution in [-0.2, 0) is 28.7 Å². The average molecular weight is 533 g/mol. The number of carbonyl (C=O) groups is 5. The summed E-state index contributed by atoms with van der Waals surface area (Å²) in [6.07, 6.45) is -0.0704. The maximum absolute atomic E-state index is 13.8. The van der Waals surface area contributed by atoms with Crippen molar-refractivity contribution in [3.05, 3.63) is 47.5 Å². The first kappa shape index (κ1) is 32.1. The zero-order chi connectivity index (χ0) is 29.0. The Balaban J connectivity index is 3.42. The number of hydrogen-bond donors (Lipinski definition) is 3. The van der Waals surface area contributed by atoms with Crippen LogP contribution >= 0.6 is 0 Å². The second-order valence-electron chi connectivity index (χ2n) is 9.74. The van der Waals surface area contributed by atoms with E-state index in [0.29, 0.717) is 5.56 Å². The molecule has 0 saturated heterocycles. The van der Waals surface area contributed by atoms with Gasteiger partial charge in [0.1, 0.15) is 17.7 Å². The van der Waals surface area contributed by atoms with Gasteiger partial charge in [-0.2, -0.15) is 0 Å². The summed E-state index contributed by atoms with van der Waals surface area (Å²) < 4.78 is 10.1. The third-order valence-electron chi connectivity index (χ3n) is 5.34. The average Bonchev–Trinajstić information content (AvgIpc) is 2.78. The van der Waals surface area contributed by atoms with E-state index in [1.807, 2.05) is 19.9 Å². The van der Waals surface area contributed by atoms with Crippen LogP contribution < -0.4 is 16.4 Å². The summed E-state index contributed by atoms with van der Waals surface area (Å²) in [6, 6.07) is 2.74. The first-order chi connectivity index (χ1) is 17.7. The van der Waals surface area contributed by atoms with Crippen molar-refractivity contribution in [1.82, 2.24) is 15.5 Å². The molecule has 11 nitrogen and oxygen atoms in total. The maximum atomic E-state index is 13.8. The van der Waals surface area contributed by atoms with Crippen LogP contribution in [0.25, 0.3) is 0 Å². The summed E-state index contributed by atoms with van der Waals surface area (Å²) in [6.45, 7) is 14.2. The minimum atomic E-state index is -1.40. The van der Waals surface area contributed by atoms with Crippen molar-refractivity contribution < 1.29 is 33.4 Å². The van der Waals surface area contributed by atoms with Gasteiger partial charge in [-0.25, -0.2) is 4.79 Å². The quantitative estimate of drug-likeness (QED) is 0.260. The Morgan fingerprint density at radius 1 is 1.13 bits per heavy atom. The Morgan fingerprint density at radius 2 is 1.79 bits per heavy atom. The second kappa shape index (κ2) is 14.7. The molecule has 0 aliphatic carbocycles. The molecule has 2 atom stereocenters. The monoisotopic (exact) mass is 532 g/mol. The summed E-state index contributed by atoms with van der Waals surface area (Å²) in [5, 5.41) is 5.08. The Bertz CT molecular complexity index is 1030. The summed E-state index contributed by atoms with van der Waals surface area (Å²) in [7, 11) is 0. The molecule has 0 spiro atoms. The van der Waals surface area contributed by atoms with E-state index >= 15 is 0 Å². The number of benzene rings is 1. The lowest BCUT2D eigenvalue weighted by molar-refractivity contribution is -0.144. The number of nitrogens with two attached hydrogens (primary N) is 1. The van der Waals surface area contributed by atoms with Gasteiger partial charge in [0.25, 0.3) is 0 Å². The SMILES string of the molecule is C=CCN(C(=O)C(CC(N)=O)NC(=O)OC(C)(C)C)C(C(=O)NCCC(=O)OCC)c1ccc(C)c(C)c1. The van der Waals surface area contributed by atoms with Gasteiger partial charge in [0.15, 0.2) is 0 Å². The summed E-state index contributed by atoms with van der Waals surface area (Å²) in [4.78, 5) is 64.4. The molecule has 1 aromatic rings. The summed E-state index contributed by atoms with van der Waals surface area (Å²) in [5.41, 5.74) is 6.87. The molecule has 0 bridgehead atoms. The molecule has 0 heterocycles. The predicted molar refractivity (Wildman–Crippen MR) is 142 cm³/mol. The smallest absolute Gasteiger partial charge is 0.408 e. The number of ether oxygens (including phenoxy) is 2. The zero-order valence-electron chi connectivity index (χ0n) is 23.1. The van der Waals surface area contributed by atoms with Crippen LogP contribution in [0.1, 0.15) is 63.3 Å². The third kappa shape index (κ3) is 10.6. The molecule has 4 N–H and O–H groups in total. The van der Waals surface area contributed by atoms with Gasteiger partial charge in [-0.3, -0.25) is 19.2 Å². The van der Waals surface area contributed by atoms with E-state index in [1.54, 1.807) is 39.8 Å². The molecular weight excluding hydrogens is 492 g/mol. The van der Waals surface area contributed by atoms with Crippen LogP contribution in [-0.4, -0.2) is 66.0 Å². The van der Waals surface area contributed by atoms with Crippen molar-refractivity contribution in [2.45, 2.75) is 72.1 Å². The number of amides is 4. The highest BCUT2D eigenvalue weighted by atomic mass is 16.6. The van der Waals surface area contributed by atoms with Gasteiger partial charge < -0.3 is 30.7 Å². The Hall–Kier alpha value is -3.89. The van der Waals surface area contributed by atoms with Gasteiger partial charge in [0, 0.05) is 13.1 Å². The highest BCUT2D eigenvalue weighted by Crippen LogP contribution is 2.25. The van der Waals surface area contributed by atoms with Crippen molar-refractivity contribution in [3.63, 3.8) is 0 Å². The van der Waals surface area contributed by atoms with E-state index in [4.69, 9.17) is 15.2 Å². The lowest BCUT2D eigenvalue weighted by Gasteiger charge is -2.33. The number of primary amides is 1. The molecule has 11 heteroatoms. The molecule has 2 unspecified atom stereocenters. The molecule has 1 aromatic carbocycles. The second-order valence-corrected chi connectivity index (χ2v) is 9.74. The fourth-order valence-electron chi connectivity index (χ4n) is 3.54. The Morgan fingerprint density at radius 3 is 2.32 bits per heavy atom.